The van der Waals surface area contributed by atoms with E-state index in [2.05, 4.69) is 22.0 Å². The number of pyridine rings is 1. The summed E-state index contributed by atoms with van der Waals surface area (Å²) in [7, 11) is 0. The largest absolute Gasteiger partial charge is 0.363 e. The Bertz CT molecular complexity index is 545. The van der Waals surface area contributed by atoms with Gasteiger partial charge >= 0.3 is 0 Å². The van der Waals surface area contributed by atoms with Crippen molar-refractivity contribution in [3.63, 3.8) is 0 Å². The van der Waals surface area contributed by atoms with E-state index in [1.165, 1.54) is 0 Å². The molecule has 2 aromatic rings. The van der Waals surface area contributed by atoms with Gasteiger partial charge in [0.1, 0.15) is 0 Å². The first-order valence-corrected chi connectivity index (χ1v) is 5.45. The highest BCUT2D eigenvalue weighted by atomic mass is 16.1. The van der Waals surface area contributed by atoms with Gasteiger partial charge in [0.05, 0.1) is 12.1 Å². The zero-order chi connectivity index (χ0) is 11.0. The quantitative estimate of drug-likeness (QED) is 0.725. The molecular weight excluding hydrogens is 200 g/mol. The molecule has 0 amide bonds. The summed E-state index contributed by atoms with van der Waals surface area (Å²) in [5, 5.41) is 1.12. The summed E-state index contributed by atoms with van der Waals surface area (Å²) in [6.45, 7) is 1.36. The van der Waals surface area contributed by atoms with Crippen molar-refractivity contribution in [3.8, 4) is 0 Å². The zero-order valence-electron chi connectivity index (χ0n) is 8.89. The first-order chi connectivity index (χ1) is 7.84. The molecule has 0 atom stereocenters. The monoisotopic (exact) mass is 212 g/mol. The average molecular weight is 212 g/mol. The van der Waals surface area contributed by atoms with Crippen molar-refractivity contribution in [1.82, 2.24) is 4.98 Å². The van der Waals surface area contributed by atoms with E-state index >= 15 is 0 Å². The van der Waals surface area contributed by atoms with Crippen LogP contribution in [-0.2, 0) is 4.79 Å². The third-order valence-corrected chi connectivity index (χ3v) is 2.99. The molecule has 80 valence electrons. The molecule has 0 N–H and O–H groups in total. The van der Waals surface area contributed by atoms with Crippen molar-refractivity contribution in [2.24, 2.45) is 0 Å². The number of Topliss-reactive ketones (excluding diaryl/α,β-unsaturated/α-hetero) is 1. The first-order valence-electron chi connectivity index (χ1n) is 5.45. The molecule has 0 spiro atoms. The van der Waals surface area contributed by atoms with Crippen LogP contribution in [0, 0.1) is 0 Å². The SMILES string of the molecule is O=C1CCN(c2cccc3ncccc23)C1. The molecule has 1 aromatic carbocycles. The van der Waals surface area contributed by atoms with Gasteiger partial charge in [-0.05, 0) is 24.3 Å². The van der Waals surface area contributed by atoms with Gasteiger partial charge in [-0.3, -0.25) is 9.78 Å². The van der Waals surface area contributed by atoms with Crippen LogP contribution >= 0.6 is 0 Å². The second kappa shape index (κ2) is 3.59. The highest BCUT2D eigenvalue weighted by Crippen LogP contribution is 2.27. The molecule has 3 rings (SSSR count). The van der Waals surface area contributed by atoms with Crippen LogP contribution in [0.2, 0.25) is 0 Å². The number of ketones is 1. The van der Waals surface area contributed by atoms with E-state index in [1.54, 1.807) is 6.20 Å². The highest BCUT2D eigenvalue weighted by molar-refractivity contribution is 5.95. The van der Waals surface area contributed by atoms with E-state index in [4.69, 9.17) is 0 Å². The Morgan fingerprint density at radius 2 is 2.12 bits per heavy atom. The van der Waals surface area contributed by atoms with Crippen molar-refractivity contribution < 1.29 is 4.79 Å². The molecule has 0 bridgehead atoms. The highest BCUT2D eigenvalue weighted by Gasteiger charge is 2.20. The number of fused-ring (bicyclic) bond motifs is 1. The van der Waals surface area contributed by atoms with Gasteiger partial charge in [0.15, 0.2) is 5.78 Å². The Morgan fingerprint density at radius 3 is 2.94 bits per heavy atom. The maximum absolute atomic E-state index is 11.3. The van der Waals surface area contributed by atoms with Crippen LogP contribution in [-0.4, -0.2) is 23.9 Å². The topological polar surface area (TPSA) is 33.2 Å². The zero-order valence-corrected chi connectivity index (χ0v) is 8.89. The number of anilines is 1. The van der Waals surface area contributed by atoms with Gasteiger partial charge in [-0.2, -0.15) is 0 Å². The summed E-state index contributed by atoms with van der Waals surface area (Å²) in [4.78, 5) is 17.8. The molecule has 1 aromatic heterocycles. The maximum atomic E-state index is 11.3. The van der Waals surface area contributed by atoms with E-state index < -0.39 is 0 Å². The Kier molecular flexibility index (Phi) is 2.10. The number of rotatable bonds is 1. The van der Waals surface area contributed by atoms with E-state index in [-0.39, 0.29) is 0 Å². The third kappa shape index (κ3) is 1.45. The Labute approximate surface area is 93.7 Å². The van der Waals surface area contributed by atoms with Crippen molar-refractivity contribution in [2.45, 2.75) is 6.42 Å². The van der Waals surface area contributed by atoms with E-state index in [0.29, 0.717) is 18.7 Å². The fraction of sp³-hybridized carbons (Fsp3) is 0.231. The van der Waals surface area contributed by atoms with Gasteiger partial charge in [0.2, 0.25) is 0 Å². The molecule has 1 fully saturated rings. The summed E-state index contributed by atoms with van der Waals surface area (Å²) >= 11 is 0. The van der Waals surface area contributed by atoms with Crippen LogP contribution in [0.5, 0.6) is 0 Å². The lowest BCUT2D eigenvalue weighted by Crippen LogP contribution is -2.19. The van der Waals surface area contributed by atoms with Crippen LogP contribution in [0.4, 0.5) is 5.69 Å². The van der Waals surface area contributed by atoms with Crippen molar-refractivity contribution in [3.05, 3.63) is 36.5 Å². The molecular formula is C13H12N2O. The Hall–Kier alpha value is -1.90. The van der Waals surface area contributed by atoms with E-state index in [9.17, 15) is 4.79 Å². The Morgan fingerprint density at radius 1 is 1.19 bits per heavy atom. The molecule has 2 heterocycles. The van der Waals surface area contributed by atoms with Gasteiger partial charge < -0.3 is 4.90 Å². The van der Waals surface area contributed by atoms with Crippen molar-refractivity contribution in [2.75, 3.05) is 18.0 Å². The summed E-state index contributed by atoms with van der Waals surface area (Å²) in [5.74, 6) is 0.320. The third-order valence-electron chi connectivity index (χ3n) is 2.99. The summed E-state index contributed by atoms with van der Waals surface area (Å²) in [6, 6.07) is 10.0. The minimum absolute atomic E-state index is 0.320. The number of nitrogens with zero attached hydrogens (tertiary/aromatic N) is 2. The molecule has 16 heavy (non-hydrogen) atoms. The standard InChI is InChI=1S/C13H12N2O/c16-10-6-8-15(9-10)13-5-1-4-12-11(13)3-2-7-14-12/h1-5,7H,6,8-9H2. The van der Waals surface area contributed by atoms with Gasteiger partial charge in [0, 0.05) is 30.2 Å². The number of aromatic nitrogens is 1. The second-order valence-corrected chi connectivity index (χ2v) is 4.06. The van der Waals surface area contributed by atoms with Crippen LogP contribution in [0.3, 0.4) is 0 Å². The number of carbonyl (C=O) groups excluding carboxylic acids is 1. The summed E-state index contributed by atoms with van der Waals surface area (Å²) in [5.41, 5.74) is 2.11. The summed E-state index contributed by atoms with van der Waals surface area (Å²) < 4.78 is 0. The fourth-order valence-corrected chi connectivity index (χ4v) is 2.20. The predicted octanol–water partition coefficient (Wildman–Crippen LogP) is 2.01. The number of hydrogen-bond acceptors (Lipinski definition) is 3. The lowest BCUT2D eigenvalue weighted by atomic mass is 10.1. The first kappa shape index (κ1) is 9.33. The van der Waals surface area contributed by atoms with Gasteiger partial charge in [-0.1, -0.05) is 6.07 Å². The molecule has 0 unspecified atom stereocenters. The molecule has 1 saturated heterocycles. The lowest BCUT2D eigenvalue weighted by molar-refractivity contribution is -0.116. The van der Waals surface area contributed by atoms with Crippen LogP contribution in [0.1, 0.15) is 6.42 Å². The minimum atomic E-state index is 0.320. The molecule has 3 heteroatoms. The van der Waals surface area contributed by atoms with E-state index in [0.717, 1.165) is 23.1 Å². The fourth-order valence-electron chi connectivity index (χ4n) is 2.20. The molecule has 0 aliphatic carbocycles. The van der Waals surface area contributed by atoms with E-state index in [1.807, 2.05) is 18.2 Å². The van der Waals surface area contributed by atoms with Gasteiger partial charge in [0.25, 0.3) is 0 Å². The number of benzene rings is 1. The number of hydrogen-bond donors (Lipinski definition) is 0. The minimum Gasteiger partial charge on any atom is -0.363 e. The molecule has 1 aliphatic heterocycles. The normalized spacial score (nSPS) is 16.0. The van der Waals surface area contributed by atoms with Gasteiger partial charge in [-0.15, -0.1) is 0 Å². The predicted molar refractivity (Wildman–Crippen MR) is 63.6 cm³/mol. The van der Waals surface area contributed by atoms with Crippen LogP contribution in [0.15, 0.2) is 36.5 Å². The average Bonchev–Trinajstić information content (AvgIpc) is 2.75. The molecule has 0 saturated carbocycles. The summed E-state index contributed by atoms with van der Waals surface area (Å²) in [6.07, 6.45) is 2.46. The lowest BCUT2D eigenvalue weighted by Gasteiger charge is -2.18. The maximum Gasteiger partial charge on any atom is 0.153 e. The van der Waals surface area contributed by atoms with Crippen LogP contribution in [0.25, 0.3) is 10.9 Å². The molecule has 1 aliphatic rings. The van der Waals surface area contributed by atoms with Crippen molar-refractivity contribution >= 4 is 22.4 Å². The molecule has 3 nitrogen and oxygen atoms in total. The van der Waals surface area contributed by atoms with Gasteiger partial charge in [-0.25, -0.2) is 0 Å². The van der Waals surface area contributed by atoms with Crippen molar-refractivity contribution in [1.29, 1.82) is 0 Å². The number of carbonyl (C=O) groups is 1. The molecule has 0 radical (unpaired) electrons. The van der Waals surface area contributed by atoms with Crippen LogP contribution < -0.4 is 4.90 Å². The second-order valence-electron chi connectivity index (χ2n) is 4.06. The Balaban J connectivity index is 2.13. The smallest absolute Gasteiger partial charge is 0.153 e.